The molecule has 130 valence electrons. The number of fused-ring (bicyclic) bond motifs is 1. The molecule has 0 bridgehead atoms. The van der Waals surface area contributed by atoms with Crippen LogP contribution in [0.1, 0.15) is 62.6 Å². The van der Waals surface area contributed by atoms with Gasteiger partial charge in [-0.3, -0.25) is 9.59 Å². The van der Waals surface area contributed by atoms with Gasteiger partial charge < -0.3 is 16.0 Å². The molecule has 0 spiro atoms. The fraction of sp³-hybridized carbons (Fsp3) is 0.579. The maximum absolute atomic E-state index is 12.8. The molecule has 2 unspecified atom stereocenters. The lowest BCUT2D eigenvalue weighted by molar-refractivity contribution is -0.138. The highest BCUT2D eigenvalue weighted by Gasteiger charge is 2.35. The molecule has 1 heterocycles. The third-order valence-electron chi connectivity index (χ3n) is 5.14. The number of nitrogens with zero attached hydrogens (tertiary/aromatic N) is 1. The largest absolute Gasteiger partial charge is 0.399 e. The molecule has 5 nitrogen and oxygen atoms in total. The zero-order valence-electron chi connectivity index (χ0n) is 14.4. The van der Waals surface area contributed by atoms with Gasteiger partial charge in [-0.25, -0.2) is 0 Å². The maximum atomic E-state index is 12.8. The van der Waals surface area contributed by atoms with Crippen molar-refractivity contribution in [3.8, 4) is 0 Å². The fourth-order valence-corrected chi connectivity index (χ4v) is 3.95. The first kappa shape index (κ1) is 16.8. The van der Waals surface area contributed by atoms with E-state index < -0.39 is 0 Å². The van der Waals surface area contributed by atoms with Crippen molar-refractivity contribution >= 4 is 17.5 Å². The van der Waals surface area contributed by atoms with E-state index >= 15 is 0 Å². The number of rotatable bonds is 4. The van der Waals surface area contributed by atoms with Gasteiger partial charge in [0.25, 0.3) is 0 Å². The zero-order chi connectivity index (χ0) is 17.1. The van der Waals surface area contributed by atoms with Crippen molar-refractivity contribution in [2.24, 2.45) is 0 Å². The van der Waals surface area contributed by atoms with Crippen LogP contribution in [-0.4, -0.2) is 29.3 Å². The normalized spacial score (nSPS) is 23.0. The van der Waals surface area contributed by atoms with E-state index in [9.17, 15) is 9.59 Å². The van der Waals surface area contributed by atoms with Crippen LogP contribution in [-0.2, 0) is 16.0 Å². The molecule has 5 heteroatoms. The monoisotopic (exact) mass is 329 g/mol. The number of carbonyl (C=O) groups excluding carboxylic acids is 2. The van der Waals surface area contributed by atoms with Crippen molar-refractivity contribution < 1.29 is 9.59 Å². The minimum absolute atomic E-state index is 0.00775. The Bertz CT molecular complexity index is 629. The Kier molecular flexibility index (Phi) is 5.07. The topological polar surface area (TPSA) is 75.4 Å². The van der Waals surface area contributed by atoms with Crippen LogP contribution in [0, 0.1) is 0 Å². The quantitative estimate of drug-likeness (QED) is 0.834. The smallest absolute Gasteiger partial charge is 0.243 e. The summed E-state index contributed by atoms with van der Waals surface area (Å²) < 4.78 is 0. The number of benzene rings is 1. The van der Waals surface area contributed by atoms with Gasteiger partial charge in [0.2, 0.25) is 11.8 Å². The molecule has 0 radical (unpaired) electrons. The molecule has 2 amide bonds. The first-order chi connectivity index (χ1) is 11.6. The molecular weight excluding hydrogens is 302 g/mol. The van der Waals surface area contributed by atoms with E-state index in [4.69, 9.17) is 5.73 Å². The predicted octanol–water partition coefficient (Wildman–Crippen LogP) is 2.55. The van der Waals surface area contributed by atoms with E-state index in [0.717, 1.165) is 44.2 Å². The van der Waals surface area contributed by atoms with Crippen LogP contribution >= 0.6 is 0 Å². The van der Waals surface area contributed by atoms with Crippen LogP contribution in [0.2, 0.25) is 0 Å². The lowest BCUT2D eigenvalue weighted by Gasteiger charge is -2.30. The summed E-state index contributed by atoms with van der Waals surface area (Å²) in [5, 5.41) is 3.19. The Hall–Kier alpha value is -2.04. The van der Waals surface area contributed by atoms with E-state index in [2.05, 4.69) is 5.32 Å². The number of anilines is 1. The average Bonchev–Trinajstić information content (AvgIpc) is 3.05. The minimum Gasteiger partial charge on any atom is -0.399 e. The van der Waals surface area contributed by atoms with Crippen molar-refractivity contribution in [3.63, 3.8) is 0 Å². The van der Waals surface area contributed by atoms with Gasteiger partial charge in [0, 0.05) is 18.7 Å². The van der Waals surface area contributed by atoms with E-state index in [0.29, 0.717) is 13.0 Å². The van der Waals surface area contributed by atoms with Gasteiger partial charge in [-0.15, -0.1) is 0 Å². The summed E-state index contributed by atoms with van der Waals surface area (Å²) in [7, 11) is 0. The van der Waals surface area contributed by atoms with E-state index in [-0.39, 0.29) is 23.9 Å². The van der Waals surface area contributed by atoms with Crippen molar-refractivity contribution in [2.75, 3.05) is 12.3 Å². The molecule has 0 saturated carbocycles. The van der Waals surface area contributed by atoms with Crippen LogP contribution in [0.4, 0.5) is 5.69 Å². The second-order valence-corrected chi connectivity index (χ2v) is 6.91. The van der Waals surface area contributed by atoms with Gasteiger partial charge in [0.15, 0.2) is 0 Å². The second kappa shape index (κ2) is 7.24. The van der Waals surface area contributed by atoms with Gasteiger partial charge >= 0.3 is 0 Å². The Morgan fingerprint density at radius 1 is 1.29 bits per heavy atom. The lowest BCUT2D eigenvalue weighted by Crippen LogP contribution is -2.47. The molecule has 2 aliphatic rings. The number of hydrogen-bond donors (Lipinski definition) is 2. The number of nitrogen functional groups attached to an aromatic ring is 1. The van der Waals surface area contributed by atoms with Crippen LogP contribution in [0.15, 0.2) is 18.2 Å². The Morgan fingerprint density at radius 2 is 2.12 bits per heavy atom. The van der Waals surface area contributed by atoms with Crippen molar-refractivity contribution in [1.82, 2.24) is 10.2 Å². The number of carbonyl (C=O) groups is 2. The number of hydrogen-bond acceptors (Lipinski definition) is 3. The van der Waals surface area contributed by atoms with Crippen molar-refractivity contribution in [1.29, 1.82) is 0 Å². The van der Waals surface area contributed by atoms with E-state index in [1.54, 1.807) is 4.90 Å². The van der Waals surface area contributed by atoms with Gasteiger partial charge in [-0.1, -0.05) is 13.0 Å². The molecule has 1 aromatic carbocycles. The second-order valence-electron chi connectivity index (χ2n) is 6.91. The molecule has 2 atom stereocenters. The van der Waals surface area contributed by atoms with Gasteiger partial charge in [0.1, 0.15) is 6.04 Å². The molecule has 1 saturated heterocycles. The molecule has 1 fully saturated rings. The molecule has 3 rings (SSSR count). The van der Waals surface area contributed by atoms with Crippen molar-refractivity contribution in [3.05, 3.63) is 29.3 Å². The van der Waals surface area contributed by atoms with E-state index in [1.807, 2.05) is 25.1 Å². The molecule has 1 aromatic rings. The number of amides is 2. The van der Waals surface area contributed by atoms with E-state index in [1.165, 1.54) is 11.1 Å². The summed E-state index contributed by atoms with van der Waals surface area (Å²) >= 11 is 0. The number of aryl methyl sites for hydroxylation is 1. The first-order valence-corrected chi connectivity index (χ1v) is 9.08. The van der Waals surface area contributed by atoms with Crippen LogP contribution < -0.4 is 11.1 Å². The SMILES string of the molecule is CCCC(=O)N1CCCC1C(=O)NC1CCCc2cc(N)ccc21. The summed E-state index contributed by atoms with van der Waals surface area (Å²) in [4.78, 5) is 26.8. The van der Waals surface area contributed by atoms with Gasteiger partial charge in [-0.2, -0.15) is 0 Å². The third kappa shape index (κ3) is 3.40. The van der Waals surface area contributed by atoms with Gasteiger partial charge in [-0.05, 0) is 61.8 Å². The summed E-state index contributed by atoms with van der Waals surface area (Å²) in [6, 6.07) is 5.67. The first-order valence-electron chi connectivity index (χ1n) is 9.08. The summed E-state index contributed by atoms with van der Waals surface area (Å²) in [6.45, 7) is 2.70. The van der Waals surface area contributed by atoms with Crippen LogP contribution in [0.25, 0.3) is 0 Å². The number of nitrogens with one attached hydrogen (secondary N) is 1. The molecule has 24 heavy (non-hydrogen) atoms. The summed E-state index contributed by atoms with van der Waals surface area (Å²) in [6.07, 6.45) is 6.02. The van der Waals surface area contributed by atoms with Crippen LogP contribution in [0.5, 0.6) is 0 Å². The number of nitrogens with two attached hydrogens (primary N) is 1. The molecule has 1 aliphatic carbocycles. The Labute approximate surface area is 143 Å². The molecule has 3 N–H and O–H groups in total. The molecule has 0 aromatic heterocycles. The highest BCUT2D eigenvalue weighted by atomic mass is 16.2. The standard InChI is InChI=1S/C19H27N3O2/c1-2-5-18(23)22-11-4-8-17(22)19(24)21-16-7-3-6-13-12-14(20)9-10-15(13)16/h9-10,12,16-17H,2-8,11,20H2,1H3,(H,21,24). The third-order valence-corrected chi connectivity index (χ3v) is 5.14. The Balaban J connectivity index is 1.70. The predicted molar refractivity (Wildman–Crippen MR) is 94.3 cm³/mol. The Morgan fingerprint density at radius 3 is 2.92 bits per heavy atom. The molecular formula is C19H27N3O2. The van der Waals surface area contributed by atoms with Crippen LogP contribution in [0.3, 0.4) is 0 Å². The maximum Gasteiger partial charge on any atom is 0.243 e. The van der Waals surface area contributed by atoms with Gasteiger partial charge in [0.05, 0.1) is 6.04 Å². The summed E-state index contributed by atoms with van der Waals surface area (Å²) in [5.74, 6) is 0.0959. The number of likely N-dealkylation sites (tertiary alicyclic amines) is 1. The zero-order valence-corrected chi connectivity index (χ0v) is 14.4. The highest BCUT2D eigenvalue weighted by molar-refractivity contribution is 5.88. The summed E-state index contributed by atoms with van der Waals surface area (Å²) in [5.41, 5.74) is 9.06. The van der Waals surface area contributed by atoms with Crippen molar-refractivity contribution in [2.45, 2.75) is 64.0 Å². The lowest BCUT2D eigenvalue weighted by atomic mass is 9.87. The fourth-order valence-electron chi connectivity index (χ4n) is 3.95. The highest BCUT2D eigenvalue weighted by Crippen LogP contribution is 2.31. The molecule has 1 aliphatic heterocycles. The minimum atomic E-state index is -0.303. The average molecular weight is 329 g/mol.